The van der Waals surface area contributed by atoms with E-state index in [9.17, 15) is 8.78 Å². The molecule has 0 aromatic heterocycles. The summed E-state index contributed by atoms with van der Waals surface area (Å²) in [6.45, 7) is 1.85. The van der Waals surface area contributed by atoms with Crippen molar-refractivity contribution in [2.45, 2.75) is 11.8 Å². The molecule has 0 saturated heterocycles. The Labute approximate surface area is 132 Å². The predicted molar refractivity (Wildman–Crippen MR) is 81.0 cm³/mol. The molecule has 0 N–H and O–H groups in total. The zero-order valence-corrected chi connectivity index (χ0v) is 13.8. The van der Waals surface area contributed by atoms with Gasteiger partial charge in [-0.05, 0) is 58.2 Å². The highest BCUT2D eigenvalue weighted by molar-refractivity contribution is 9.10. The van der Waals surface area contributed by atoms with Crippen LogP contribution in [0.2, 0.25) is 5.02 Å². The molecule has 0 bridgehead atoms. The molecule has 0 nitrogen and oxygen atoms in total. The fraction of sp³-hybridized carbons (Fsp3) is 0.143. The first kappa shape index (κ1) is 14.9. The molecular weight excluding hydrogens is 401 g/mol. The molecule has 2 aromatic rings. The summed E-state index contributed by atoms with van der Waals surface area (Å²) in [5.41, 5.74) is 1.93. The van der Waals surface area contributed by atoms with Gasteiger partial charge in [0.05, 0.1) is 9.85 Å². The second-order valence-corrected chi connectivity index (χ2v) is 6.33. The molecule has 19 heavy (non-hydrogen) atoms. The average Bonchev–Trinajstić information content (AvgIpc) is 2.36. The molecule has 0 aliphatic rings. The van der Waals surface area contributed by atoms with Gasteiger partial charge >= 0.3 is 0 Å². The van der Waals surface area contributed by atoms with Crippen molar-refractivity contribution in [1.82, 2.24) is 0 Å². The molecule has 2 aromatic carbocycles. The highest BCUT2D eigenvalue weighted by Gasteiger charge is 2.19. The summed E-state index contributed by atoms with van der Waals surface area (Å²) in [4.78, 5) is -0.450. The largest absolute Gasteiger partial charge is 0.207 e. The Morgan fingerprint density at radius 2 is 1.79 bits per heavy atom. The van der Waals surface area contributed by atoms with Gasteiger partial charge in [0.1, 0.15) is 11.6 Å². The molecule has 0 spiro atoms. The number of rotatable bonds is 2. The van der Waals surface area contributed by atoms with E-state index in [1.165, 1.54) is 24.3 Å². The molecule has 100 valence electrons. The minimum Gasteiger partial charge on any atom is -0.207 e. The summed E-state index contributed by atoms with van der Waals surface area (Å²) in [6, 6.07) is 7.27. The van der Waals surface area contributed by atoms with Crippen molar-refractivity contribution in [1.29, 1.82) is 0 Å². The van der Waals surface area contributed by atoms with Crippen molar-refractivity contribution in [2.75, 3.05) is 0 Å². The Morgan fingerprint density at radius 1 is 1.11 bits per heavy atom. The summed E-state index contributed by atoms with van der Waals surface area (Å²) in [5.74, 6) is -0.754. The lowest BCUT2D eigenvalue weighted by Crippen LogP contribution is -2.00. The molecule has 0 aliphatic carbocycles. The number of hydrogen-bond donors (Lipinski definition) is 0. The topological polar surface area (TPSA) is 0 Å². The van der Waals surface area contributed by atoms with Crippen LogP contribution in [0.3, 0.4) is 0 Å². The zero-order chi connectivity index (χ0) is 14.2. The van der Waals surface area contributed by atoms with Gasteiger partial charge in [0.25, 0.3) is 0 Å². The summed E-state index contributed by atoms with van der Waals surface area (Å²) >= 11 is 12.6. The molecule has 1 unspecified atom stereocenters. The van der Waals surface area contributed by atoms with Crippen LogP contribution in [0.5, 0.6) is 0 Å². The van der Waals surface area contributed by atoms with E-state index in [0.29, 0.717) is 20.6 Å². The zero-order valence-electron chi connectivity index (χ0n) is 9.85. The Kier molecular flexibility index (Phi) is 4.64. The molecule has 0 radical (unpaired) electrons. The second kappa shape index (κ2) is 5.90. The first-order chi connectivity index (χ1) is 8.90. The van der Waals surface area contributed by atoms with E-state index in [1.54, 1.807) is 6.07 Å². The van der Waals surface area contributed by atoms with Gasteiger partial charge in [0, 0.05) is 10.0 Å². The van der Waals surface area contributed by atoms with E-state index in [4.69, 9.17) is 11.6 Å². The molecule has 0 amide bonds. The maximum Gasteiger partial charge on any atom is 0.129 e. The Morgan fingerprint density at radius 3 is 2.47 bits per heavy atom. The lowest BCUT2D eigenvalue weighted by atomic mass is 10.00. The summed E-state index contributed by atoms with van der Waals surface area (Å²) < 4.78 is 27.8. The molecule has 0 aliphatic heterocycles. The van der Waals surface area contributed by atoms with Crippen molar-refractivity contribution in [3.05, 3.63) is 68.2 Å². The Hall–Kier alpha value is -0.450. The first-order valence-electron chi connectivity index (χ1n) is 5.44. The smallest absolute Gasteiger partial charge is 0.129 e. The van der Waals surface area contributed by atoms with E-state index in [-0.39, 0.29) is 5.82 Å². The van der Waals surface area contributed by atoms with Crippen LogP contribution in [0, 0.1) is 18.6 Å². The summed E-state index contributed by atoms with van der Waals surface area (Å²) in [5, 5.41) is 0.412. The molecule has 2 rings (SSSR count). The highest BCUT2D eigenvalue weighted by atomic mass is 79.9. The van der Waals surface area contributed by atoms with E-state index >= 15 is 0 Å². The van der Waals surface area contributed by atoms with Crippen LogP contribution in [0.1, 0.15) is 21.5 Å². The minimum absolute atomic E-state index is 0.353. The molecule has 0 heterocycles. The predicted octanol–water partition coefficient (Wildman–Crippen LogP) is 6.17. The highest BCUT2D eigenvalue weighted by Crippen LogP contribution is 2.37. The SMILES string of the molecule is Cc1ccc(F)cc1C(Br)c1cc(Cl)c(Br)cc1F. The standard InChI is InChI=1S/C14H9Br2ClF2/c1-7-2-3-8(18)4-9(7)14(16)10-5-12(17)11(15)6-13(10)19/h2-6,14H,1H3. The third-order valence-corrected chi connectivity index (χ3v) is 5.01. The quantitative estimate of drug-likeness (QED) is 0.410. The monoisotopic (exact) mass is 408 g/mol. The fourth-order valence-corrected chi connectivity index (χ4v) is 3.12. The van der Waals surface area contributed by atoms with Crippen LogP contribution in [-0.4, -0.2) is 0 Å². The molecule has 1 atom stereocenters. The minimum atomic E-state index is -0.450. The van der Waals surface area contributed by atoms with Gasteiger partial charge in [-0.2, -0.15) is 0 Å². The van der Waals surface area contributed by atoms with Crippen LogP contribution in [0.4, 0.5) is 8.78 Å². The van der Waals surface area contributed by atoms with Gasteiger partial charge in [-0.3, -0.25) is 0 Å². The van der Waals surface area contributed by atoms with Gasteiger partial charge in [0.15, 0.2) is 0 Å². The van der Waals surface area contributed by atoms with Gasteiger partial charge in [-0.1, -0.05) is 33.6 Å². The van der Waals surface area contributed by atoms with E-state index < -0.39 is 10.6 Å². The maximum absolute atomic E-state index is 14.0. The lowest BCUT2D eigenvalue weighted by molar-refractivity contribution is 0.609. The van der Waals surface area contributed by atoms with E-state index in [1.807, 2.05) is 6.92 Å². The van der Waals surface area contributed by atoms with Crippen molar-refractivity contribution in [3.63, 3.8) is 0 Å². The normalized spacial score (nSPS) is 12.5. The van der Waals surface area contributed by atoms with Gasteiger partial charge in [-0.25, -0.2) is 8.78 Å². The number of aryl methyl sites for hydroxylation is 1. The lowest BCUT2D eigenvalue weighted by Gasteiger charge is -2.15. The van der Waals surface area contributed by atoms with E-state index in [0.717, 1.165) is 5.56 Å². The molecule has 0 saturated carbocycles. The van der Waals surface area contributed by atoms with Crippen molar-refractivity contribution in [2.24, 2.45) is 0 Å². The number of hydrogen-bond acceptors (Lipinski definition) is 0. The number of halogens is 5. The van der Waals surface area contributed by atoms with Crippen LogP contribution in [0.15, 0.2) is 34.8 Å². The van der Waals surface area contributed by atoms with Crippen LogP contribution >= 0.6 is 43.5 Å². The van der Waals surface area contributed by atoms with Gasteiger partial charge in [-0.15, -0.1) is 0 Å². The van der Waals surface area contributed by atoms with Crippen molar-refractivity contribution in [3.8, 4) is 0 Å². The third-order valence-electron chi connectivity index (χ3n) is 2.83. The first-order valence-corrected chi connectivity index (χ1v) is 7.53. The maximum atomic E-state index is 14.0. The van der Waals surface area contributed by atoms with Crippen LogP contribution < -0.4 is 0 Å². The summed E-state index contributed by atoms with van der Waals surface area (Å²) in [7, 11) is 0. The van der Waals surface area contributed by atoms with Crippen molar-refractivity contribution < 1.29 is 8.78 Å². The van der Waals surface area contributed by atoms with Crippen LogP contribution in [-0.2, 0) is 0 Å². The van der Waals surface area contributed by atoms with Crippen LogP contribution in [0.25, 0.3) is 0 Å². The third kappa shape index (κ3) is 3.18. The van der Waals surface area contributed by atoms with Gasteiger partial charge in [0.2, 0.25) is 0 Å². The number of benzene rings is 2. The van der Waals surface area contributed by atoms with Crippen molar-refractivity contribution >= 4 is 43.5 Å². The second-order valence-electron chi connectivity index (χ2n) is 4.15. The number of alkyl halides is 1. The average molecular weight is 410 g/mol. The fourth-order valence-electron chi connectivity index (χ4n) is 1.78. The molecular formula is C14H9Br2ClF2. The summed E-state index contributed by atoms with van der Waals surface area (Å²) in [6.07, 6.45) is 0. The Bertz CT molecular complexity index is 629. The van der Waals surface area contributed by atoms with Gasteiger partial charge < -0.3 is 0 Å². The Balaban J connectivity index is 2.52. The molecule has 0 fully saturated rings. The molecule has 5 heteroatoms. The van der Waals surface area contributed by atoms with E-state index in [2.05, 4.69) is 31.9 Å².